The fraction of sp³-hybridized carbons (Fsp3) is 0.588. The molecular weight excluding hydrogens is 420 g/mol. The Bertz CT molecular complexity index is 796. The molecule has 1 unspecified atom stereocenters. The van der Waals surface area contributed by atoms with Crippen molar-refractivity contribution in [3.8, 4) is 0 Å². The number of carbonyl (C=O) groups excluding carboxylic acids is 1. The fourth-order valence-electron chi connectivity index (χ4n) is 2.65. The minimum Gasteiger partial charge on any atom is -0.305 e. The van der Waals surface area contributed by atoms with Crippen LogP contribution in [-0.2, 0) is 27.2 Å². The van der Waals surface area contributed by atoms with E-state index in [1.54, 1.807) is 27.7 Å². The van der Waals surface area contributed by atoms with E-state index in [1.807, 2.05) is 0 Å². The Morgan fingerprint density at radius 3 is 2.10 bits per heavy atom. The third-order valence-electron chi connectivity index (χ3n) is 3.86. The van der Waals surface area contributed by atoms with Crippen LogP contribution < -0.4 is 5.30 Å². The van der Waals surface area contributed by atoms with Gasteiger partial charge in [0.05, 0.1) is 44.2 Å². The Labute approximate surface area is 170 Å². The van der Waals surface area contributed by atoms with Crippen molar-refractivity contribution in [2.24, 2.45) is 11.0 Å². The highest BCUT2D eigenvalue weighted by Crippen LogP contribution is 2.53. The molecule has 2 heterocycles. The molecule has 0 N–H and O–H groups in total. The zero-order valence-electron chi connectivity index (χ0n) is 17.0. The molecule has 29 heavy (non-hydrogen) atoms. The number of hydrazone groups is 1. The van der Waals surface area contributed by atoms with Crippen LogP contribution in [0.4, 0.5) is 0 Å². The van der Waals surface area contributed by atoms with Gasteiger partial charge in [-0.25, -0.2) is 4.57 Å². The second-order valence-electron chi connectivity index (χ2n) is 5.83. The monoisotopic (exact) mass is 447 g/mol. The second-order valence-corrected chi connectivity index (χ2v) is 9.77. The van der Waals surface area contributed by atoms with E-state index in [2.05, 4.69) is 10.1 Å². The summed E-state index contributed by atoms with van der Waals surface area (Å²) in [6.45, 7) is 7.67. The summed E-state index contributed by atoms with van der Waals surface area (Å²) in [5.41, 5.74) is 0.161. The van der Waals surface area contributed by atoms with Gasteiger partial charge in [0.25, 0.3) is 0 Å². The molecule has 1 aromatic heterocycles. The summed E-state index contributed by atoms with van der Waals surface area (Å²) in [6, 6.07) is 2.96. The first-order valence-electron chi connectivity index (χ1n) is 9.44. The lowest BCUT2D eigenvalue weighted by molar-refractivity contribution is 0.0942. The molecule has 10 nitrogen and oxygen atoms in total. The topological polar surface area (TPSA) is 117 Å². The largest absolute Gasteiger partial charge is 0.450 e. The van der Waals surface area contributed by atoms with Crippen LogP contribution in [-0.4, -0.2) is 54.7 Å². The molecule has 1 aliphatic rings. The molecule has 0 saturated heterocycles. The molecule has 0 fully saturated rings. The lowest BCUT2D eigenvalue weighted by Gasteiger charge is -2.24. The van der Waals surface area contributed by atoms with Gasteiger partial charge in [0, 0.05) is 12.4 Å². The smallest absolute Gasteiger partial charge is 0.305 e. The lowest BCUT2D eigenvalue weighted by Crippen LogP contribution is -2.25. The second kappa shape index (κ2) is 10.6. The van der Waals surface area contributed by atoms with Gasteiger partial charge in [-0.3, -0.25) is 23.4 Å². The number of nitrogens with zero attached hydrogens (tertiary/aromatic N) is 3. The SMILES string of the molecule is CCOP(=O)(OCC)c1ccc(C(=O)C2C=NN(P(=O)(OCC)OCC)C2)nc1. The molecule has 162 valence electrons. The Balaban J connectivity index is 2.13. The average molecular weight is 447 g/mol. The van der Waals surface area contributed by atoms with Gasteiger partial charge in [-0.05, 0) is 39.8 Å². The van der Waals surface area contributed by atoms with E-state index >= 15 is 0 Å². The highest BCUT2D eigenvalue weighted by Gasteiger charge is 2.39. The normalized spacial score (nSPS) is 17.1. The van der Waals surface area contributed by atoms with Gasteiger partial charge in [0.1, 0.15) is 5.69 Å². The van der Waals surface area contributed by atoms with Crippen molar-refractivity contribution in [3.05, 3.63) is 24.0 Å². The maximum atomic E-state index is 12.8. The number of ketones is 1. The standard InChI is InChI=1S/C17H27N3O7P2/c1-5-24-28(22,25-6-2)15-9-10-16(18-12-15)17(21)14-11-19-20(13-14)29(23,26-7-3)27-8-4/h9-12,14H,5-8,13H2,1-4H3. The van der Waals surface area contributed by atoms with E-state index in [0.29, 0.717) is 0 Å². The number of aromatic nitrogens is 1. The molecule has 0 saturated carbocycles. The number of carbonyl (C=O) groups is 1. The van der Waals surface area contributed by atoms with Crippen LogP contribution in [0.3, 0.4) is 0 Å². The van der Waals surface area contributed by atoms with E-state index in [9.17, 15) is 13.9 Å². The van der Waals surface area contributed by atoms with Crippen molar-refractivity contribution in [3.63, 3.8) is 0 Å². The average Bonchev–Trinajstić information content (AvgIpc) is 3.19. The minimum absolute atomic E-state index is 0.0515. The molecule has 12 heteroatoms. The summed E-state index contributed by atoms with van der Waals surface area (Å²) < 4.78 is 47.8. The van der Waals surface area contributed by atoms with Crippen LogP contribution in [0.5, 0.6) is 0 Å². The van der Waals surface area contributed by atoms with Crippen molar-refractivity contribution in [2.75, 3.05) is 33.0 Å². The van der Waals surface area contributed by atoms with Crippen LogP contribution in [0.15, 0.2) is 23.4 Å². The van der Waals surface area contributed by atoms with E-state index in [0.717, 1.165) is 0 Å². The summed E-state index contributed by atoms with van der Waals surface area (Å²) in [6.07, 6.45) is 2.71. The molecule has 0 aromatic carbocycles. The summed E-state index contributed by atoms with van der Waals surface area (Å²) >= 11 is 0. The third kappa shape index (κ3) is 5.60. The summed E-state index contributed by atoms with van der Waals surface area (Å²) in [5.74, 6) is -0.974. The van der Waals surface area contributed by atoms with Gasteiger partial charge in [-0.2, -0.15) is 9.88 Å². The van der Waals surface area contributed by atoms with Gasteiger partial charge in [0.15, 0.2) is 5.78 Å². The van der Waals surface area contributed by atoms with E-state index in [4.69, 9.17) is 18.1 Å². The third-order valence-corrected chi connectivity index (χ3v) is 7.95. The van der Waals surface area contributed by atoms with Crippen molar-refractivity contribution in [1.29, 1.82) is 0 Å². The highest BCUT2D eigenvalue weighted by atomic mass is 31.2. The maximum absolute atomic E-state index is 12.8. The molecular formula is C17H27N3O7P2. The zero-order valence-corrected chi connectivity index (χ0v) is 18.8. The Morgan fingerprint density at radius 1 is 1.03 bits per heavy atom. The van der Waals surface area contributed by atoms with Crippen LogP contribution >= 0.6 is 15.3 Å². The van der Waals surface area contributed by atoms with E-state index < -0.39 is 21.3 Å². The molecule has 0 spiro atoms. The Hall–Kier alpha value is -1.41. The van der Waals surface area contributed by atoms with Crippen LogP contribution in [0.2, 0.25) is 0 Å². The van der Waals surface area contributed by atoms with E-state index in [1.165, 1.54) is 29.3 Å². The van der Waals surface area contributed by atoms with Gasteiger partial charge in [-0.15, -0.1) is 0 Å². The lowest BCUT2D eigenvalue weighted by atomic mass is 10.0. The number of hydrogen-bond acceptors (Lipinski definition) is 9. The van der Waals surface area contributed by atoms with E-state index in [-0.39, 0.29) is 49.8 Å². The quantitative estimate of drug-likeness (QED) is 0.351. The number of pyridine rings is 1. The van der Waals surface area contributed by atoms with Crippen molar-refractivity contribution < 1.29 is 32.0 Å². The maximum Gasteiger partial charge on any atom is 0.450 e. The summed E-state index contributed by atoms with van der Waals surface area (Å²) in [5, 5.41) is 4.32. The molecule has 0 radical (unpaired) electrons. The molecule has 1 aliphatic heterocycles. The van der Waals surface area contributed by atoms with Crippen molar-refractivity contribution in [2.45, 2.75) is 27.7 Å². The van der Waals surface area contributed by atoms with Crippen LogP contribution in [0.25, 0.3) is 0 Å². The van der Waals surface area contributed by atoms with Crippen LogP contribution in [0.1, 0.15) is 38.2 Å². The van der Waals surface area contributed by atoms with Gasteiger partial charge >= 0.3 is 15.3 Å². The predicted octanol–water partition coefficient (Wildman–Crippen LogP) is 3.25. The zero-order chi connectivity index (χ0) is 21.5. The highest BCUT2D eigenvalue weighted by molar-refractivity contribution is 7.62. The fourth-order valence-corrected chi connectivity index (χ4v) is 5.71. The number of Topliss-reactive ketones (excluding diaryl/α,β-unsaturated/α-hetero) is 1. The van der Waals surface area contributed by atoms with Crippen molar-refractivity contribution in [1.82, 2.24) is 9.76 Å². The molecule has 1 aromatic rings. The first-order valence-corrected chi connectivity index (χ1v) is 12.5. The van der Waals surface area contributed by atoms with Crippen LogP contribution in [0, 0.1) is 5.92 Å². The minimum atomic E-state index is -3.59. The Morgan fingerprint density at radius 2 is 1.62 bits per heavy atom. The first-order chi connectivity index (χ1) is 13.8. The van der Waals surface area contributed by atoms with Gasteiger partial charge in [0.2, 0.25) is 0 Å². The van der Waals surface area contributed by atoms with Gasteiger partial charge < -0.3 is 9.05 Å². The summed E-state index contributed by atoms with van der Waals surface area (Å²) in [4.78, 5) is 16.9. The molecule has 0 amide bonds. The first kappa shape index (κ1) is 23.9. The van der Waals surface area contributed by atoms with Gasteiger partial charge in [-0.1, -0.05) is 0 Å². The molecule has 2 rings (SSSR count). The Kier molecular flexibility index (Phi) is 8.70. The molecule has 1 atom stereocenters. The van der Waals surface area contributed by atoms with Crippen molar-refractivity contribution >= 4 is 32.6 Å². The molecule has 0 bridgehead atoms. The summed E-state index contributed by atoms with van der Waals surface area (Å²) in [7, 11) is -7.06. The molecule has 0 aliphatic carbocycles. The number of rotatable bonds is 12. The predicted molar refractivity (Wildman–Crippen MR) is 109 cm³/mol. The number of hydrogen-bond donors (Lipinski definition) is 0.